The van der Waals surface area contributed by atoms with Gasteiger partial charge < -0.3 is 16.2 Å². The first-order valence-corrected chi connectivity index (χ1v) is 3.81. The Morgan fingerprint density at radius 3 is 2.86 bits per heavy atom. The van der Waals surface area contributed by atoms with Gasteiger partial charge in [-0.05, 0) is 12.1 Å². The van der Waals surface area contributed by atoms with E-state index in [1.165, 1.54) is 18.3 Å². The quantitative estimate of drug-likeness (QED) is 0.628. The van der Waals surface area contributed by atoms with Crippen LogP contribution in [0.25, 0.3) is 0 Å². The Hall–Kier alpha value is -2.11. The molecule has 1 aromatic rings. The van der Waals surface area contributed by atoms with Crippen LogP contribution in [0.2, 0.25) is 0 Å². The molecule has 0 aliphatic carbocycles. The van der Waals surface area contributed by atoms with Crippen molar-refractivity contribution < 1.29 is 14.7 Å². The van der Waals surface area contributed by atoms with Crippen LogP contribution in [0, 0.1) is 0 Å². The van der Waals surface area contributed by atoms with Crippen molar-refractivity contribution in [2.45, 2.75) is 6.54 Å². The highest BCUT2D eigenvalue weighted by atomic mass is 16.4. The highest BCUT2D eigenvalue weighted by molar-refractivity contribution is 5.92. The van der Waals surface area contributed by atoms with E-state index in [9.17, 15) is 9.59 Å². The molecule has 0 bridgehead atoms. The molecular formula is C8H9N3O3. The molecule has 0 fully saturated rings. The maximum atomic E-state index is 10.7. The summed E-state index contributed by atoms with van der Waals surface area (Å²) in [6, 6.07) is 2.91. The summed E-state index contributed by atoms with van der Waals surface area (Å²) < 4.78 is 0. The topological polar surface area (TPSA) is 105 Å². The van der Waals surface area contributed by atoms with Gasteiger partial charge in [-0.2, -0.15) is 0 Å². The second-order valence-electron chi connectivity index (χ2n) is 2.56. The molecule has 6 nitrogen and oxygen atoms in total. The minimum Gasteiger partial charge on any atom is -0.465 e. The normalized spacial score (nSPS) is 9.43. The number of hydrogen-bond acceptors (Lipinski definition) is 3. The van der Waals surface area contributed by atoms with Crippen molar-refractivity contribution in [2.24, 2.45) is 5.73 Å². The van der Waals surface area contributed by atoms with E-state index < -0.39 is 12.0 Å². The average Bonchev–Trinajstić information content (AvgIpc) is 2.15. The number of aromatic nitrogens is 1. The van der Waals surface area contributed by atoms with E-state index in [2.05, 4.69) is 10.3 Å². The monoisotopic (exact) mass is 195 g/mol. The van der Waals surface area contributed by atoms with Crippen LogP contribution in [0.4, 0.5) is 4.79 Å². The molecule has 0 spiro atoms. The summed E-state index contributed by atoms with van der Waals surface area (Å²) in [5.74, 6) is -0.566. The lowest BCUT2D eigenvalue weighted by Gasteiger charge is -2.01. The molecule has 1 rings (SSSR count). The minimum absolute atomic E-state index is 0.0520. The number of carbonyl (C=O) groups is 2. The molecule has 0 saturated heterocycles. The van der Waals surface area contributed by atoms with Crippen molar-refractivity contribution in [1.29, 1.82) is 0 Å². The maximum absolute atomic E-state index is 10.7. The zero-order valence-electron chi connectivity index (χ0n) is 7.23. The van der Waals surface area contributed by atoms with Gasteiger partial charge in [0.05, 0.1) is 12.2 Å². The standard InChI is InChI=1S/C8H9N3O3/c9-7(12)5-1-2-10-6(3-5)4-11-8(13)14/h1-3,11H,4H2,(H2,9,12)(H,13,14). The largest absolute Gasteiger partial charge is 0.465 e. The molecule has 14 heavy (non-hydrogen) atoms. The predicted octanol–water partition coefficient (Wildman–Crippen LogP) is -0.0519. The predicted molar refractivity (Wildman–Crippen MR) is 47.6 cm³/mol. The number of carbonyl (C=O) groups excluding carboxylic acids is 1. The molecule has 0 radical (unpaired) electrons. The third kappa shape index (κ3) is 2.74. The van der Waals surface area contributed by atoms with E-state index in [1.807, 2.05) is 0 Å². The molecule has 2 amide bonds. The summed E-state index contributed by atoms with van der Waals surface area (Å²) in [5.41, 5.74) is 5.79. The lowest BCUT2D eigenvalue weighted by atomic mass is 10.2. The van der Waals surface area contributed by atoms with E-state index in [1.54, 1.807) is 0 Å². The SMILES string of the molecule is NC(=O)c1ccnc(CNC(=O)O)c1. The van der Waals surface area contributed by atoms with E-state index >= 15 is 0 Å². The summed E-state index contributed by atoms with van der Waals surface area (Å²) >= 11 is 0. The molecule has 1 aromatic heterocycles. The fourth-order valence-electron chi connectivity index (χ4n) is 0.894. The lowest BCUT2D eigenvalue weighted by molar-refractivity contribution is 0.1000. The van der Waals surface area contributed by atoms with Crippen LogP contribution in [0.15, 0.2) is 18.3 Å². The Balaban J connectivity index is 2.73. The summed E-state index contributed by atoms with van der Waals surface area (Å²) in [6.07, 6.45) is 0.259. The molecule has 6 heteroatoms. The van der Waals surface area contributed by atoms with Gasteiger partial charge in [0.1, 0.15) is 0 Å². The van der Waals surface area contributed by atoms with Gasteiger partial charge in [0.25, 0.3) is 0 Å². The van der Waals surface area contributed by atoms with Gasteiger partial charge in [-0.1, -0.05) is 0 Å². The Bertz CT molecular complexity index is 365. The van der Waals surface area contributed by atoms with E-state index in [4.69, 9.17) is 10.8 Å². The molecule has 74 valence electrons. The van der Waals surface area contributed by atoms with Crippen molar-refractivity contribution in [3.63, 3.8) is 0 Å². The van der Waals surface area contributed by atoms with Gasteiger partial charge in [-0.3, -0.25) is 9.78 Å². The zero-order chi connectivity index (χ0) is 10.6. The van der Waals surface area contributed by atoms with Crippen molar-refractivity contribution in [3.8, 4) is 0 Å². The van der Waals surface area contributed by atoms with Gasteiger partial charge in [0.2, 0.25) is 5.91 Å². The van der Waals surface area contributed by atoms with Crippen molar-refractivity contribution in [2.75, 3.05) is 0 Å². The third-order valence-corrected chi connectivity index (χ3v) is 1.52. The van der Waals surface area contributed by atoms with Crippen LogP contribution < -0.4 is 11.1 Å². The molecule has 0 aliphatic heterocycles. The first-order chi connectivity index (χ1) is 6.59. The highest BCUT2D eigenvalue weighted by Crippen LogP contribution is 2.00. The van der Waals surface area contributed by atoms with Crippen LogP contribution in [0.1, 0.15) is 16.1 Å². The number of carboxylic acid groups (broad SMARTS) is 1. The van der Waals surface area contributed by atoms with Crippen LogP contribution in [0.5, 0.6) is 0 Å². The number of hydrogen-bond donors (Lipinski definition) is 3. The van der Waals surface area contributed by atoms with Crippen molar-refractivity contribution in [3.05, 3.63) is 29.6 Å². The Morgan fingerprint density at radius 2 is 2.29 bits per heavy atom. The van der Waals surface area contributed by atoms with E-state index in [0.29, 0.717) is 11.3 Å². The number of nitrogens with one attached hydrogen (secondary N) is 1. The summed E-state index contributed by atoms with van der Waals surface area (Å²) in [4.78, 5) is 24.8. The smallest absolute Gasteiger partial charge is 0.404 e. The fourth-order valence-corrected chi connectivity index (χ4v) is 0.894. The van der Waals surface area contributed by atoms with Gasteiger partial charge in [-0.25, -0.2) is 4.79 Å². The molecule has 0 atom stereocenters. The van der Waals surface area contributed by atoms with Crippen molar-refractivity contribution in [1.82, 2.24) is 10.3 Å². The van der Waals surface area contributed by atoms with Crippen LogP contribution in [-0.4, -0.2) is 22.1 Å². The van der Waals surface area contributed by atoms with Crippen LogP contribution >= 0.6 is 0 Å². The minimum atomic E-state index is -1.14. The van der Waals surface area contributed by atoms with Crippen molar-refractivity contribution >= 4 is 12.0 Å². The Kier molecular flexibility index (Phi) is 3.01. The molecular weight excluding hydrogens is 186 g/mol. The molecule has 0 unspecified atom stereocenters. The first kappa shape index (κ1) is 9.97. The number of pyridine rings is 1. The summed E-state index contributed by atoms with van der Waals surface area (Å²) in [7, 11) is 0. The third-order valence-electron chi connectivity index (χ3n) is 1.52. The van der Waals surface area contributed by atoms with Gasteiger partial charge >= 0.3 is 6.09 Å². The average molecular weight is 195 g/mol. The number of nitrogens with zero attached hydrogens (tertiary/aromatic N) is 1. The first-order valence-electron chi connectivity index (χ1n) is 3.81. The van der Waals surface area contributed by atoms with Gasteiger partial charge in [0.15, 0.2) is 0 Å². The second kappa shape index (κ2) is 4.22. The molecule has 0 aromatic carbocycles. The van der Waals surface area contributed by atoms with Gasteiger partial charge in [-0.15, -0.1) is 0 Å². The van der Waals surface area contributed by atoms with Crippen LogP contribution in [0.3, 0.4) is 0 Å². The number of amides is 2. The molecule has 0 saturated carbocycles. The van der Waals surface area contributed by atoms with E-state index in [0.717, 1.165) is 0 Å². The Labute approximate surface area is 79.8 Å². The lowest BCUT2D eigenvalue weighted by Crippen LogP contribution is -2.21. The molecule has 4 N–H and O–H groups in total. The van der Waals surface area contributed by atoms with Crippen LogP contribution in [-0.2, 0) is 6.54 Å². The summed E-state index contributed by atoms with van der Waals surface area (Å²) in [5, 5.41) is 10.5. The fraction of sp³-hybridized carbons (Fsp3) is 0.125. The second-order valence-corrected chi connectivity index (χ2v) is 2.56. The Morgan fingerprint density at radius 1 is 1.57 bits per heavy atom. The maximum Gasteiger partial charge on any atom is 0.404 e. The molecule has 0 aliphatic rings. The highest BCUT2D eigenvalue weighted by Gasteiger charge is 2.02. The summed E-state index contributed by atoms with van der Waals surface area (Å²) in [6.45, 7) is 0.0520. The number of primary amides is 1. The zero-order valence-corrected chi connectivity index (χ0v) is 7.23. The number of rotatable bonds is 3. The molecule has 1 heterocycles. The van der Waals surface area contributed by atoms with E-state index in [-0.39, 0.29) is 6.54 Å². The van der Waals surface area contributed by atoms with Gasteiger partial charge in [0, 0.05) is 11.8 Å². The number of nitrogens with two attached hydrogens (primary N) is 1.